The largest absolute Gasteiger partial charge is 0.378 e. The molecule has 38 heavy (non-hydrogen) atoms. The molecule has 0 spiro atoms. The van der Waals surface area contributed by atoms with E-state index in [4.69, 9.17) is 4.74 Å². The predicted molar refractivity (Wildman–Crippen MR) is 147 cm³/mol. The lowest BCUT2D eigenvalue weighted by molar-refractivity contribution is -0.110. The van der Waals surface area contributed by atoms with Crippen LogP contribution in [0.4, 0.5) is 17.2 Å². The van der Waals surface area contributed by atoms with E-state index in [-0.39, 0.29) is 10.8 Å². The molecule has 3 aliphatic rings. The molecule has 196 valence electrons. The quantitative estimate of drug-likeness (QED) is 0.381. The van der Waals surface area contributed by atoms with Crippen LogP contribution < -0.4 is 20.3 Å². The molecule has 10 heteroatoms. The number of fused-ring (bicyclic) bond motifs is 1. The number of rotatable bonds is 8. The average Bonchev–Trinajstić information content (AvgIpc) is 3.73. The summed E-state index contributed by atoms with van der Waals surface area (Å²) in [5, 5.41) is 6.40. The van der Waals surface area contributed by atoms with Crippen molar-refractivity contribution in [2.75, 3.05) is 48.4 Å². The van der Waals surface area contributed by atoms with E-state index < -0.39 is 10.0 Å². The number of aromatic nitrogens is 1. The fourth-order valence-corrected chi connectivity index (χ4v) is 5.88. The second kappa shape index (κ2) is 10.2. The molecule has 6 rings (SSSR count). The molecular formula is C28H29N5O4S. The highest BCUT2D eigenvalue weighted by Crippen LogP contribution is 2.40. The van der Waals surface area contributed by atoms with Crippen LogP contribution in [-0.4, -0.2) is 52.2 Å². The highest BCUT2D eigenvalue weighted by molar-refractivity contribution is 7.89. The van der Waals surface area contributed by atoms with E-state index in [2.05, 4.69) is 25.2 Å². The molecule has 3 N–H and O–H groups in total. The number of nitrogens with zero attached hydrogens (tertiary/aromatic N) is 2. The van der Waals surface area contributed by atoms with Crippen LogP contribution in [0.2, 0.25) is 0 Å². The maximum atomic E-state index is 13.4. The molecule has 0 radical (unpaired) electrons. The van der Waals surface area contributed by atoms with Gasteiger partial charge in [0.25, 0.3) is 5.91 Å². The van der Waals surface area contributed by atoms with E-state index in [1.54, 1.807) is 18.3 Å². The molecule has 3 aromatic rings. The van der Waals surface area contributed by atoms with Crippen molar-refractivity contribution in [1.82, 2.24) is 9.71 Å². The van der Waals surface area contributed by atoms with Gasteiger partial charge in [-0.2, -0.15) is 0 Å². The van der Waals surface area contributed by atoms with E-state index in [0.29, 0.717) is 61.3 Å². The summed E-state index contributed by atoms with van der Waals surface area (Å²) in [4.78, 5) is 20.3. The van der Waals surface area contributed by atoms with Crippen molar-refractivity contribution in [2.45, 2.75) is 17.7 Å². The summed E-state index contributed by atoms with van der Waals surface area (Å²) in [5.74, 6) is 0.875. The maximum absolute atomic E-state index is 13.4. The van der Waals surface area contributed by atoms with Crippen molar-refractivity contribution < 1.29 is 17.9 Å². The Morgan fingerprint density at radius 2 is 1.84 bits per heavy atom. The van der Waals surface area contributed by atoms with E-state index in [1.807, 2.05) is 42.5 Å². The van der Waals surface area contributed by atoms with Gasteiger partial charge in [0.05, 0.1) is 35.1 Å². The summed E-state index contributed by atoms with van der Waals surface area (Å²) in [5.41, 5.74) is 3.60. The SMILES string of the molecule is O=C1Nc2ccc(S(=O)(=O)NCC3CC3)cc2/C1=C(/Nc1cccnc1N1CCOCC1)c1ccccc1. The van der Waals surface area contributed by atoms with Crippen molar-refractivity contribution in [3.05, 3.63) is 78.0 Å². The summed E-state index contributed by atoms with van der Waals surface area (Å²) in [6, 6.07) is 18.1. The smallest absolute Gasteiger partial charge is 0.258 e. The number of carbonyl (C=O) groups is 1. The molecule has 1 aromatic heterocycles. The molecule has 3 heterocycles. The number of pyridine rings is 1. The van der Waals surface area contributed by atoms with Gasteiger partial charge in [-0.15, -0.1) is 0 Å². The average molecular weight is 532 g/mol. The van der Waals surface area contributed by atoms with Gasteiger partial charge in [-0.05, 0) is 54.7 Å². The third-order valence-electron chi connectivity index (χ3n) is 6.97. The predicted octanol–water partition coefficient (Wildman–Crippen LogP) is 3.54. The van der Waals surface area contributed by atoms with Crippen molar-refractivity contribution in [3.63, 3.8) is 0 Å². The lowest BCUT2D eigenvalue weighted by atomic mass is 10.00. The van der Waals surface area contributed by atoms with E-state index in [0.717, 1.165) is 29.9 Å². The minimum atomic E-state index is -3.71. The van der Waals surface area contributed by atoms with Gasteiger partial charge >= 0.3 is 0 Å². The fourth-order valence-electron chi connectivity index (χ4n) is 4.73. The van der Waals surface area contributed by atoms with E-state index >= 15 is 0 Å². The van der Waals surface area contributed by atoms with Crippen LogP contribution in [0.15, 0.2) is 71.8 Å². The summed E-state index contributed by atoms with van der Waals surface area (Å²) in [7, 11) is -3.71. The highest BCUT2D eigenvalue weighted by atomic mass is 32.2. The molecule has 0 atom stereocenters. The topological polar surface area (TPSA) is 113 Å². The molecule has 2 fully saturated rings. The third kappa shape index (κ3) is 5.02. The molecule has 0 bridgehead atoms. The first-order valence-corrected chi connectivity index (χ1v) is 14.3. The first-order chi connectivity index (χ1) is 18.5. The van der Waals surface area contributed by atoms with Gasteiger partial charge in [0.15, 0.2) is 5.82 Å². The molecule has 1 saturated carbocycles. The normalized spacial score (nSPS) is 18.6. The molecule has 1 amide bonds. The van der Waals surface area contributed by atoms with Crippen LogP contribution in [0, 0.1) is 5.92 Å². The van der Waals surface area contributed by atoms with Gasteiger partial charge in [0.1, 0.15) is 0 Å². The van der Waals surface area contributed by atoms with Crippen molar-refractivity contribution in [2.24, 2.45) is 5.92 Å². The third-order valence-corrected chi connectivity index (χ3v) is 8.40. The number of morpholine rings is 1. The number of carbonyl (C=O) groups excluding carboxylic acids is 1. The standard InChI is InChI=1S/C28H29N5O4S/c34-28-25(22-17-21(10-11-23(22)32-28)38(35,36)30-18-19-8-9-19)26(20-5-2-1-3-6-20)31-24-7-4-12-29-27(24)33-13-15-37-16-14-33/h1-7,10-12,17,19,30-31H,8-9,13-16,18H2,(H,32,34)/b26-25-. The van der Waals surface area contributed by atoms with Gasteiger partial charge in [-0.1, -0.05) is 30.3 Å². The fraction of sp³-hybridized carbons (Fsp3) is 0.286. The molecule has 2 aromatic carbocycles. The first-order valence-electron chi connectivity index (χ1n) is 12.8. The number of anilines is 3. The van der Waals surface area contributed by atoms with Crippen LogP contribution in [0.5, 0.6) is 0 Å². The molecule has 2 aliphatic heterocycles. The molecule has 1 saturated heterocycles. The number of nitrogens with one attached hydrogen (secondary N) is 3. The van der Waals surface area contributed by atoms with Crippen molar-refractivity contribution in [3.8, 4) is 0 Å². The molecule has 1 aliphatic carbocycles. The Balaban J connectivity index is 1.44. The Kier molecular flexibility index (Phi) is 6.61. The van der Waals surface area contributed by atoms with Crippen LogP contribution in [0.3, 0.4) is 0 Å². The summed E-state index contributed by atoms with van der Waals surface area (Å²) in [6.45, 7) is 3.08. The number of amides is 1. The second-order valence-electron chi connectivity index (χ2n) is 9.67. The van der Waals surface area contributed by atoms with Gasteiger partial charge in [0.2, 0.25) is 10.0 Å². The molecule has 0 unspecified atom stereocenters. The van der Waals surface area contributed by atoms with Crippen molar-refractivity contribution >= 4 is 44.4 Å². The summed E-state index contributed by atoms with van der Waals surface area (Å²) >= 11 is 0. The number of benzene rings is 2. The highest BCUT2D eigenvalue weighted by Gasteiger charge is 2.31. The van der Waals surface area contributed by atoms with Crippen LogP contribution >= 0.6 is 0 Å². The summed E-state index contributed by atoms with van der Waals surface area (Å²) < 4.78 is 34.3. The zero-order valence-corrected chi connectivity index (χ0v) is 21.6. The molecular weight excluding hydrogens is 502 g/mol. The monoisotopic (exact) mass is 531 g/mol. The van der Waals surface area contributed by atoms with E-state index in [1.165, 1.54) is 6.07 Å². The van der Waals surface area contributed by atoms with Crippen LogP contribution in [-0.2, 0) is 19.6 Å². The second-order valence-corrected chi connectivity index (χ2v) is 11.4. The number of sulfonamides is 1. The van der Waals surface area contributed by atoms with Crippen LogP contribution in [0.25, 0.3) is 11.3 Å². The van der Waals surface area contributed by atoms with E-state index in [9.17, 15) is 13.2 Å². The van der Waals surface area contributed by atoms with Crippen molar-refractivity contribution in [1.29, 1.82) is 0 Å². The zero-order valence-electron chi connectivity index (χ0n) is 20.8. The number of hydrogen-bond donors (Lipinski definition) is 3. The van der Waals surface area contributed by atoms with Gasteiger partial charge < -0.3 is 20.3 Å². The summed E-state index contributed by atoms with van der Waals surface area (Å²) in [6.07, 6.45) is 3.84. The Morgan fingerprint density at radius 3 is 2.61 bits per heavy atom. The molecule has 9 nitrogen and oxygen atoms in total. The minimum Gasteiger partial charge on any atom is -0.378 e. The zero-order chi connectivity index (χ0) is 26.1. The van der Waals surface area contributed by atoms with Crippen LogP contribution in [0.1, 0.15) is 24.0 Å². The van der Waals surface area contributed by atoms with Gasteiger partial charge in [0, 0.05) is 37.1 Å². The lowest BCUT2D eigenvalue weighted by Crippen LogP contribution is -2.37. The number of ether oxygens (including phenoxy) is 1. The maximum Gasteiger partial charge on any atom is 0.258 e. The van der Waals surface area contributed by atoms with Gasteiger partial charge in [-0.3, -0.25) is 4.79 Å². The lowest BCUT2D eigenvalue weighted by Gasteiger charge is -2.30. The Labute approximate surface area is 222 Å². The number of hydrogen-bond acceptors (Lipinski definition) is 7. The minimum absolute atomic E-state index is 0.133. The first kappa shape index (κ1) is 24.6. The Bertz CT molecular complexity index is 1500. The Morgan fingerprint density at radius 1 is 1.05 bits per heavy atom. The van der Waals surface area contributed by atoms with Gasteiger partial charge in [-0.25, -0.2) is 18.1 Å². The Hall–Kier alpha value is -3.73.